The summed E-state index contributed by atoms with van der Waals surface area (Å²) in [6.07, 6.45) is -23.4. The van der Waals surface area contributed by atoms with Gasteiger partial charge in [-0.15, -0.1) is 4.90 Å². The third-order valence-electron chi connectivity index (χ3n) is 4.98. The topological polar surface area (TPSA) is 55.8 Å². The minimum atomic E-state index is -9.44. The normalized spacial score (nSPS) is 23.6. The van der Waals surface area contributed by atoms with Gasteiger partial charge in [0.15, 0.2) is 23.3 Å². The second-order valence-electron chi connectivity index (χ2n) is 7.76. The number of hydrogen-bond acceptors (Lipinski definition) is 5. The van der Waals surface area contributed by atoms with Gasteiger partial charge in [0.1, 0.15) is 5.56 Å². The van der Waals surface area contributed by atoms with Crippen LogP contribution in [-0.2, 0) is 25.1 Å². The molecule has 0 aromatic heterocycles. The Hall–Kier alpha value is -2.56. The van der Waals surface area contributed by atoms with Gasteiger partial charge in [-0.2, -0.15) is 87.4 Å². The third kappa shape index (κ3) is 4.69. The average molecular weight is 727 g/mol. The van der Waals surface area contributed by atoms with Crippen molar-refractivity contribution < 1.29 is 118 Å². The van der Waals surface area contributed by atoms with E-state index in [1.807, 2.05) is 0 Å². The quantitative estimate of drug-likeness (QED) is 0.100. The van der Waals surface area contributed by atoms with Crippen molar-refractivity contribution in [2.24, 2.45) is 0 Å². The fraction of sp³-hybridized carbons (Fsp3) is 0.600. The molecular weight excluding hydrogens is 727 g/mol. The Kier molecular flexibility index (Phi) is 8.31. The highest BCUT2D eigenvalue weighted by atomic mass is 32.2. The fourth-order valence-corrected chi connectivity index (χ4v) is 3.87. The van der Waals surface area contributed by atoms with E-state index < -0.39 is 103 Å². The summed E-state index contributed by atoms with van der Waals surface area (Å²) in [4.78, 5) is -4.43. The average Bonchev–Trinajstić information content (AvgIpc) is 2.78. The molecule has 0 bridgehead atoms. The first-order chi connectivity index (χ1) is 19.0. The van der Waals surface area contributed by atoms with Gasteiger partial charge in [-0.25, -0.2) is 30.9 Å². The van der Waals surface area contributed by atoms with E-state index in [1.165, 1.54) is 0 Å². The smallest absolute Gasteiger partial charge is 0.243 e. The van der Waals surface area contributed by atoms with Crippen LogP contribution in [0.15, 0.2) is 0 Å². The van der Waals surface area contributed by atoms with E-state index in [-0.39, 0.29) is 0 Å². The molecule has 5 nitrogen and oxygen atoms in total. The summed E-state index contributed by atoms with van der Waals surface area (Å²) in [6, 6.07) is -15.9. The van der Waals surface area contributed by atoms with Crippen LogP contribution < -0.4 is 0 Å². The number of ether oxygens (including phenoxy) is 1. The first-order valence-electron chi connectivity index (χ1n) is 9.33. The SMILES string of the molecule is O=S(=O)(OC1(F)N(C(F)(F)c2c(F)c(F)c(F)c(F)c2F)C(F)(F)C(F)(F)OC1(F)F)C(F)(F)C(F)(F)C(F)(F)C(F)(F)F. The van der Waals surface area contributed by atoms with Crippen LogP contribution in [0.4, 0.5) is 101 Å². The Bertz CT molecular complexity index is 1410. The van der Waals surface area contributed by atoms with E-state index in [2.05, 4.69) is 0 Å². The van der Waals surface area contributed by atoms with Gasteiger partial charge in [-0.05, 0) is 0 Å². The minimum absolute atomic E-state index is 1.63. The zero-order valence-electron chi connectivity index (χ0n) is 18.7. The molecule has 29 heteroatoms. The largest absolute Gasteiger partial charge is 0.460 e. The number of halogens is 23. The summed E-state index contributed by atoms with van der Waals surface area (Å²) in [6.45, 7) is 0. The van der Waals surface area contributed by atoms with E-state index in [4.69, 9.17) is 0 Å². The van der Waals surface area contributed by atoms with Crippen LogP contribution in [0.2, 0.25) is 0 Å². The Morgan fingerprint density at radius 1 is 0.591 bits per heavy atom. The van der Waals surface area contributed by atoms with Crippen LogP contribution in [0, 0.1) is 29.1 Å². The van der Waals surface area contributed by atoms with Gasteiger partial charge in [0.05, 0.1) is 0 Å². The summed E-state index contributed by atoms with van der Waals surface area (Å²) in [5.41, 5.74) is -4.44. The highest BCUT2D eigenvalue weighted by Gasteiger charge is 2.91. The van der Waals surface area contributed by atoms with Crippen molar-refractivity contribution in [3.63, 3.8) is 0 Å². The summed E-state index contributed by atoms with van der Waals surface area (Å²) in [7, 11) is -9.44. The van der Waals surface area contributed by atoms with Crippen molar-refractivity contribution in [3.05, 3.63) is 34.6 Å². The molecule has 1 aromatic carbocycles. The second kappa shape index (κ2) is 9.72. The lowest BCUT2D eigenvalue weighted by Gasteiger charge is -2.51. The molecule has 1 heterocycles. The van der Waals surface area contributed by atoms with Crippen molar-refractivity contribution >= 4 is 10.1 Å². The summed E-state index contributed by atoms with van der Waals surface area (Å²) >= 11 is 0. The maximum Gasteiger partial charge on any atom is 0.460 e. The van der Waals surface area contributed by atoms with Gasteiger partial charge in [-0.3, -0.25) is 0 Å². The van der Waals surface area contributed by atoms with Gasteiger partial charge >= 0.3 is 63.7 Å². The lowest BCUT2D eigenvalue weighted by Crippen LogP contribution is -2.79. The van der Waals surface area contributed by atoms with Crippen molar-refractivity contribution in [3.8, 4) is 0 Å². The van der Waals surface area contributed by atoms with Gasteiger partial charge in [0, 0.05) is 0 Å². The van der Waals surface area contributed by atoms with Crippen LogP contribution in [0.1, 0.15) is 5.56 Å². The Balaban J connectivity index is 3.04. The highest BCUT2D eigenvalue weighted by molar-refractivity contribution is 7.87. The van der Waals surface area contributed by atoms with Gasteiger partial charge in [0.2, 0.25) is 5.82 Å². The zero-order chi connectivity index (χ0) is 35.5. The Labute approximate surface area is 222 Å². The van der Waals surface area contributed by atoms with Crippen LogP contribution in [0.5, 0.6) is 0 Å². The highest BCUT2D eigenvalue weighted by Crippen LogP contribution is 2.63. The van der Waals surface area contributed by atoms with E-state index in [0.29, 0.717) is 0 Å². The molecule has 2 rings (SSSR count). The molecule has 1 fully saturated rings. The molecule has 0 spiro atoms. The first kappa shape index (κ1) is 37.6. The van der Waals surface area contributed by atoms with Gasteiger partial charge in [0.25, 0.3) is 0 Å². The van der Waals surface area contributed by atoms with E-state index in [9.17, 15) is 105 Å². The van der Waals surface area contributed by atoms with Gasteiger partial charge in [-0.1, -0.05) is 0 Å². The van der Waals surface area contributed by atoms with Crippen LogP contribution >= 0.6 is 0 Å². The van der Waals surface area contributed by atoms with Crippen LogP contribution in [0.3, 0.4) is 0 Å². The summed E-state index contributed by atoms with van der Waals surface area (Å²) in [5, 5.41) is -8.62. The molecule has 256 valence electrons. The van der Waals surface area contributed by atoms with Gasteiger partial charge < -0.3 is 0 Å². The predicted molar refractivity (Wildman–Crippen MR) is 82.6 cm³/mol. The number of morpholine rings is 1. The molecule has 0 N–H and O–H groups in total. The number of benzene rings is 1. The number of rotatable bonds is 7. The second-order valence-corrected chi connectivity index (χ2v) is 9.35. The Morgan fingerprint density at radius 2 is 0.955 bits per heavy atom. The van der Waals surface area contributed by atoms with Crippen molar-refractivity contribution in [1.29, 1.82) is 0 Å². The number of nitrogens with zero attached hydrogens (tertiary/aromatic N) is 1. The molecule has 0 aliphatic carbocycles. The maximum absolute atomic E-state index is 15.2. The van der Waals surface area contributed by atoms with E-state index in [0.717, 1.165) is 0 Å². The maximum atomic E-state index is 15.2. The van der Waals surface area contributed by atoms with Crippen molar-refractivity contribution in [1.82, 2.24) is 4.90 Å². The molecule has 0 amide bonds. The standard InChI is InChI=1S/C15F23NO4S/c16-2-1(3(17)5(19)6(20)4(2)18)7(21,22)39-11(30,31)12(32,33)42-13(34,35)15(39,38)43-44(40,41)14(36,37)9(25,26)8(23,24)10(27,28)29. The molecule has 1 aliphatic heterocycles. The summed E-state index contributed by atoms with van der Waals surface area (Å²) in [5.74, 6) is -44.7. The molecule has 1 unspecified atom stereocenters. The molecule has 1 aliphatic rings. The minimum Gasteiger partial charge on any atom is -0.243 e. The molecule has 0 saturated carbocycles. The molecule has 1 atom stereocenters. The fourth-order valence-electron chi connectivity index (χ4n) is 2.87. The number of alkyl halides is 18. The van der Waals surface area contributed by atoms with Crippen molar-refractivity contribution in [2.75, 3.05) is 0 Å². The lowest BCUT2D eigenvalue weighted by atomic mass is 10.1. The molecule has 1 saturated heterocycles. The predicted octanol–water partition coefficient (Wildman–Crippen LogP) is 6.94. The van der Waals surface area contributed by atoms with E-state index >= 15 is 4.39 Å². The monoisotopic (exact) mass is 727 g/mol. The zero-order valence-corrected chi connectivity index (χ0v) is 19.5. The molecule has 0 radical (unpaired) electrons. The van der Waals surface area contributed by atoms with Crippen molar-refractivity contribution in [2.45, 2.75) is 53.6 Å². The Morgan fingerprint density at radius 3 is 1.32 bits per heavy atom. The molecule has 1 aromatic rings. The first-order valence-corrected chi connectivity index (χ1v) is 10.7. The number of hydrogen-bond donors (Lipinski definition) is 0. The summed E-state index contributed by atoms with van der Waals surface area (Å²) < 4.78 is 340. The lowest BCUT2D eigenvalue weighted by molar-refractivity contribution is -0.594. The molecular formula is C15F23NO4S. The third-order valence-corrected chi connectivity index (χ3v) is 6.30. The van der Waals surface area contributed by atoms with Crippen LogP contribution in [-0.4, -0.2) is 60.8 Å². The van der Waals surface area contributed by atoms with E-state index in [1.54, 1.807) is 8.92 Å². The molecule has 44 heavy (non-hydrogen) atoms. The van der Waals surface area contributed by atoms with Crippen LogP contribution in [0.25, 0.3) is 0 Å².